The van der Waals surface area contributed by atoms with E-state index in [4.69, 9.17) is 16.3 Å². The van der Waals surface area contributed by atoms with Gasteiger partial charge in [-0.2, -0.15) is 0 Å². The predicted octanol–water partition coefficient (Wildman–Crippen LogP) is 1.12. The van der Waals surface area contributed by atoms with Crippen molar-refractivity contribution in [3.63, 3.8) is 0 Å². The molecule has 1 aromatic rings. The van der Waals surface area contributed by atoms with Gasteiger partial charge in [-0.3, -0.25) is 0 Å². The Morgan fingerprint density at radius 1 is 1.36 bits per heavy atom. The molecule has 22 heavy (non-hydrogen) atoms. The van der Waals surface area contributed by atoms with Crippen LogP contribution in [0.3, 0.4) is 0 Å². The fourth-order valence-corrected chi connectivity index (χ4v) is 2.64. The molecule has 2 aliphatic rings. The third-order valence-corrected chi connectivity index (χ3v) is 3.80. The number of piperidine rings is 1. The summed E-state index contributed by atoms with van der Waals surface area (Å²) in [5.74, 6) is 0. The maximum absolute atomic E-state index is 12.3. The number of nitrogens with zero attached hydrogens (tertiary/aromatic N) is 4. The third-order valence-electron chi connectivity index (χ3n) is 3.61. The number of aromatic nitrogens is 2. The zero-order valence-corrected chi connectivity index (χ0v) is 12.6. The van der Waals surface area contributed by atoms with Crippen molar-refractivity contribution in [2.45, 2.75) is 18.9 Å². The number of hydrogen-bond acceptors (Lipinski definition) is 5. The minimum absolute atomic E-state index is 0.190. The molecule has 8 nitrogen and oxygen atoms in total. The van der Waals surface area contributed by atoms with Gasteiger partial charge in [0.25, 0.3) is 0 Å². The largest absolute Gasteiger partial charge is 0.458 e. The lowest BCUT2D eigenvalue weighted by atomic mass is 10.1. The topological polar surface area (TPSA) is 87.7 Å². The van der Waals surface area contributed by atoms with Crippen molar-refractivity contribution in [3.8, 4) is 6.01 Å². The first-order chi connectivity index (χ1) is 10.6. The fourth-order valence-electron chi connectivity index (χ4n) is 2.54. The Bertz CT molecular complexity index is 567. The molecular weight excluding hydrogens is 310 g/mol. The molecule has 118 valence electrons. The summed E-state index contributed by atoms with van der Waals surface area (Å²) in [5, 5.41) is 3.06. The number of amides is 4. The summed E-state index contributed by atoms with van der Waals surface area (Å²) in [6.07, 6.45) is 4.35. The van der Waals surface area contributed by atoms with Crippen molar-refractivity contribution < 1.29 is 14.3 Å². The molecule has 1 unspecified atom stereocenters. The smallest absolute Gasteiger partial charge is 0.328 e. The van der Waals surface area contributed by atoms with Crippen LogP contribution in [0.2, 0.25) is 5.02 Å². The Morgan fingerprint density at radius 3 is 2.82 bits per heavy atom. The molecule has 1 aromatic heterocycles. The van der Waals surface area contributed by atoms with Gasteiger partial charge in [0.2, 0.25) is 0 Å². The molecule has 0 bridgehead atoms. The van der Waals surface area contributed by atoms with E-state index in [1.54, 1.807) is 4.90 Å². The van der Waals surface area contributed by atoms with Crippen molar-refractivity contribution in [2.24, 2.45) is 0 Å². The highest BCUT2D eigenvalue weighted by Gasteiger charge is 2.33. The average molecular weight is 326 g/mol. The molecule has 0 radical (unpaired) electrons. The van der Waals surface area contributed by atoms with E-state index in [9.17, 15) is 9.59 Å². The quantitative estimate of drug-likeness (QED) is 0.880. The molecule has 0 aliphatic carbocycles. The van der Waals surface area contributed by atoms with Crippen molar-refractivity contribution in [2.75, 3.05) is 26.2 Å². The van der Waals surface area contributed by atoms with E-state index in [0.717, 1.165) is 12.8 Å². The number of carbonyl (C=O) groups excluding carboxylic acids is 2. The van der Waals surface area contributed by atoms with Gasteiger partial charge >= 0.3 is 18.1 Å². The minimum Gasteiger partial charge on any atom is -0.458 e. The van der Waals surface area contributed by atoms with Gasteiger partial charge in [-0.15, -0.1) is 0 Å². The number of ether oxygens (including phenoxy) is 1. The van der Waals surface area contributed by atoms with Crippen LogP contribution in [-0.4, -0.2) is 64.1 Å². The molecule has 2 aliphatic heterocycles. The van der Waals surface area contributed by atoms with Crippen LogP contribution < -0.4 is 10.1 Å². The van der Waals surface area contributed by atoms with E-state index in [1.807, 2.05) is 0 Å². The molecule has 3 heterocycles. The van der Waals surface area contributed by atoms with Gasteiger partial charge in [0.05, 0.1) is 24.0 Å². The maximum Gasteiger partial charge on any atom is 0.328 e. The lowest BCUT2D eigenvalue weighted by molar-refractivity contribution is 0.0849. The normalized spacial score (nSPS) is 21.7. The molecule has 1 atom stereocenters. The monoisotopic (exact) mass is 325 g/mol. The third kappa shape index (κ3) is 3.22. The lowest BCUT2D eigenvalue weighted by Gasteiger charge is -2.33. The molecule has 1 N–H and O–H groups in total. The summed E-state index contributed by atoms with van der Waals surface area (Å²) >= 11 is 5.73. The number of likely N-dealkylation sites (tertiary alicyclic amines) is 1. The van der Waals surface area contributed by atoms with Gasteiger partial charge in [-0.1, -0.05) is 11.6 Å². The fraction of sp³-hybridized carbons (Fsp3) is 0.538. The summed E-state index contributed by atoms with van der Waals surface area (Å²) < 4.78 is 5.69. The molecule has 2 saturated heterocycles. The summed E-state index contributed by atoms with van der Waals surface area (Å²) in [7, 11) is 0. The second-order valence-corrected chi connectivity index (χ2v) is 5.61. The van der Waals surface area contributed by atoms with Crippen LogP contribution in [0.5, 0.6) is 6.01 Å². The first-order valence-electron chi connectivity index (χ1n) is 7.12. The summed E-state index contributed by atoms with van der Waals surface area (Å²) in [6, 6.07) is -0.378. The van der Waals surface area contributed by atoms with Crippen LogP contribution in [0.15, 0.2) is 12.4 Å². The number of nitrogens with one attached hydrogen (secondary N) is 1. The van der Waals surface area contributed by atoms with Crippen molar-refractivity contribution >= 4 is 23.7 Å². The number of halogens is 1. The Kier molecular flexibility index (Phi) is 4.28. The Labute approximate surface area is 132 Å². The number of carbonyl (C=O) groups is 2. The zero-order chi connectivity index (χ0) is 15.5. The SMILES string of the molecule is O=C1NCCN1C(=O)N1CCCC(Oc2ncc(Cl)cn2)C1. The van der Waals surface area contributed by atoms with Gasteiger partial charge in [0, 0.05) is 19.6 Å². The van der Waals surface area contributed by atoms with Crippen molar-refractivity contribution in [3.05, 3.63) is 17.4 Å². The minimum atomic E-state index is -0.339. The van der Waals surface area contributed by atoms with Crippen LogP contribution in [0, 0.1) is 0 Å². The van der Waals surface area contributed by atoms with E-state index in [-0.39, 0.29) is 24.2 Å². The highest BCUT2D eigenvalue weighted by atomic mass is 35.5. The van der Waals surface area contributed by atoms with E-state index in [2.05, 4.69) is 15.3 Å². The zero-order valence-electron chi connectivity index (χ0n) is 11.9. The molecule has 2 fully saturated rings. The van der Waals surface area contributed by atoms with Gasteiger partial charge in [-0.25, -0.2) is 24.5 Å². The summed E-state index contributed by atoms with van der Waals surface area (Å²) in [6.45, 7) is 1.93. The highest BCUT2D eigenvalue weighted by molar-refractivity contribution is 6.30. The molecule has 9 heteroatoms. The Hall–Kier alpha value is -2.09. The first kappa shape index (κ1) is 14.8. The number of rotatable bonds is 2. The van der Waals surface area contributed by atoms with Crippen LogP contribution in [0.25, 0.3) is 0 Å². The van der Waals surface area contributed by atoms with Gasteiger partial charge < -0.3 is 15.0 Å². The van der Waals surface area contributed by atoms with Crippen LogP contribution in [0.1, 0.15) is 12.8 Å². The summed E-state index contributed by atoms with van der Waals surface area (Å²) in [5.41, 5.74) is 0. The van der Waals surface area contributed by atoms with Gasteiger partial charge in [0.15, 0.2) is 0 Å². The molecule has 0 aromatic carbocycles. The molecule has 4 amide bonds. The van der Waals surface area contributed by atoms with Gasteiger partial charge in [-0.05, 0) is 12.8 Å². The number of imide groups is 1. The second-order valence-electron chi connectivity index (χ2n) is 5.18. The second kappa shape index (κ2) is 6.35. The van der Waals surface area contributed by atoms with Crippen LogP contribution in [0.4, 0.5) is 9.59 Å². The highest BCUT2D eigenvalue weighted by Crippen LogP contribution is 2.18. The van der Waals surface area contributed by atoms with Crippen molar-refractivity contribution in [1.82, 2.24) is 25.1 Å². The molecule has 0 spiro atoms. The van der Waals surface area contributed by atoms with E-state index in [1.165, 1.54) is 17.3 Å². The Balaban J connectivity index is 1.60. The average Bonchev–Trinajstić information content (AvgIpc) is 2.95. The number of urea groups is 2. The number of hydrogen-bond donors (Lipinski definition) is 1. The molecular formula is C13H16ClN5O3. The standard InChI is InChI=1S/C13H16ClN5O3/c14-9-6-16-11(17-7-9)22-10-2-1-4-18(8-10)13(21)19-5-3-15-12(19)20/h6-7,10H,1-5,8H2,(H,15,20). The van der Waals surface area contributed by atoms with Crippen LogP contribution >= 0.6 is 11.6 Å². The summed E-state index contributed by atoms with van der Waals surface area (Å²) in [4.78, 5) is 34.7. The maximum atomic E-state index is 12.3. The first-order valence-corrected chi connectivity index (χ1v) is 7.50. The lowest BCUT2D eigenvalue weighted by Crippen LogP contribution is -2.50. The predicted molar refractivity (Wildman–Crippen MR) is 77.8 cm³/mol. The molecule has 0 saturated carbocycles. The molecule has 3 rings (SSSR count). The van der Waals surface area contributed by atoms with Gasteiger partial charge in [0.1, 0.15) is 6.10 Å². The Morgan fingerprint density at radius 2 is 2.14 bits per heavy atom. The van der Waals surface area contributed by atoms with E-state index >= 15 is 0 Å². The van der Waals surface area contributed by atoms with E-state index < -0.39 is 0 Å². The van der Waals surface area contributed by atoms with Crippen molar-refractivity contribution in [1.29, 1.82) is 0 Å². The van der Waals surface area contributed by atoms with Crippen LogP contribution in [-0.2, 0) is 0 Å². The van der Waals surface area contributed by atoms with E-state index in [0.29, 0.717) is 31.2 Å².